The van der Waals surface area contributed by atoms with Gasteiger partial charge in [0, 0.05) is 12.5 Å². The lowest BCUT2D eigenvalue weighted by Crippen LogP contribution is -2.50. The van der Waals surface area contributed by atoms with Crippen LogP contribution in [-0.4, -0.2) is 47.7 Å². The first-order valence-corrected chi connectivity index (χ1v) is 5.69. The Hall–Kier alpha value is -1.10. The summed E-state index contributed by atoms with van der Waals surface area (Å²) in [5.41, 5.74) is 0. The molecule has 0 aromatic rings. The zero-order valence-corrected chi connectivity index (χ0v) is 9.39. The van der Waals surface area contributed by atoms with Gasteiger partial charge in [0.2, 0.25) is 5.91 Å². The number of rotatable bonds is 3. The lowest BCUT2D eigenvalue weighted by Gasteiger charge is -2.35. The van der Waals surface area contributed by atoms with Crippen LogP contribution in [0.4, 0.5) is 0 Å². The molecule has 0 aromatic carbocycles. The number of carbonyl (C=O) groups is 2. The van der Waals surface area contributed by atoms with Gasteiger partial charge < -0.3 is 14.7 Å². The lowest BCUT2D eigenvalue weighted by atomic mass is 10.1. The summed E-state index contributed by atoms with van der Waals surface area (Å²) in [6.45, 7) is 3.44. The highest BCUT2D eigenvalue weighted by Gasteiger charge is 2.43. The number of carbonyl (C=O) groups excluding carboxylic acids is 1. The molecule has 0 radical (unpaired) electrons. The van der Waals surface area contributed by atoms with Crippen molar-refractivity contribution < 1.29 is 19.4 Å². The highest BCUT2D eigenvalue weighted by Crippen LogP contribution is 2.39. The number of hydrogen-bond donors (Lipinski definition) is 1. The number of amides is 1. The fraction of sp³-hybridized carbons (Fsp3) is 0.818. The van der Waals surface area contributed by atoms with Crippen LogP contribution in [0.3, 0.4) is 0 Å². The van der Waals surface area contributed by atoms with Crippen LogP contribution in [0.25, 0.3) is 0 Å². The van der Waals surface area contributed by atoms with Crippen molar-refractivity contribution in [2.45, 2.75) is 25.8 Å². The average Bonchev–Trinajstić information content (AvgIpc) is 2.94. The first-order valence-electron chi connectivity index (χ1n) is 5.69. The Morgan fingerprint density at radius 2 is 2.19 bits per heavy atom. The van der Waals surface area contributed by atoms with Crippen molar-refractivity contribution in [3.8, 4) is 0 Å². The molecule has 5 heteroatoms. The Kier molecular flexibility index (Phi) is 3.14. The molecule has 2 rings (SSSR count). The molecule has 2 fully saturated rings. The predicted octanol–water partition coefficient (Wildman–Crippen LogP) is 0.344. The molecule has 5 nitrogen and oxygen atoms in total. The van der Waals surface area contributed by atoms with E-state index < -0.39 is 5.97 Å². The van der Waals surface area contributed by atoms with Gasteiger partial charge in [0.25, 0.3) is 0 Å². The summed E-state index contributed by atoms with van der Waals surface area (Å²) in [6.07, 6.45) is 0.919. The molecule has 0 aromatic heterocycles. The summed E-state index contributed by atoms with van der Waals surface area (Å²) >= 11 is 0. The topological polar surface area (TPSA) is 66.8 Å². The van der Waals surface area contributed by atoms with Crippen LogP contribution >= 0.6 is 0 Å². The van der Waals surface area contributed by atoms with Crippen molar-refractivity contribution in [2.75, 3.05) is 19.8 Å². The highest BCUT2D eigenvalue weighted by molar-refractivity contribution is 5.82. The molecule has 0 bridgehead atoms. The molecule has 16 heavy (non-hydrogen) atoms. The van der Waals surface area contributed by atoms with E-state index in [2.05, 4.69) is 6.92 Å². The maximum absolute atomic E-state index is 12.0. The minimum atomic E-state index is -0.878. The van der Waals surface area contributed by atoms with Crippen molar-refractivity contribution in [1.82, 2.24) is 4.90 Å². The lowest BCUT2D eigenvalue weighted by molar-refractivity contribution is -0.147. The zero-order valence-electron chi connectivity index (χ0n) is 9.39. The molecule has 3 unspecified atom stereocenters. The van der Waals surface area contributed by atoms with Gasteiger partial charge in [-0.05, 0) is 12.3 Å². The number of carboxylic acids is 1. The van der Waals surface area contributed by atoms with Crippen LogP contribution in [0.1, 0.15) is 19.8 Å². The second-order valence-corrected chi connectivity index (χ2v) is 4.68. The third-order valence-electron chi connectivity index (χ3n) is 3.35. The third kappa shape index (κ3) is 2.35. The molecule has 90 valence electrons. The normalized spacial score (nSPS) is 33.6. The van der Waals surface area contributed by atoms with Crippen molar-refractivity contribution >= 4 is 11.9 Å². The molecular formula is C11H17NO4. The van der Waals surface area contributed by atoms with Gasteiger partial charge >= 0.3 is 5.97 Å². The Morgan fingerprint density at radius 3 is 2.75 bits per heavy atom. The molecule has 0 spiro atoms. The van der Waals surface area contributed by atoms with Gasteiger partial charge in [0.1, 0.15) is 0 Å². The molecule has 2 aliphatic rings. The minimum absolute atomic E-state index is 0.0210. The van der Waals surface area contributed by atoms with Crippen molar-refractivity contribution in [1.29, 1.82) is 0 Å². The number of aliphatic carboxylic acids is 1. The monoisotopic (exact) mass is 227 g/mol. The maximum atomic E-state index is 12.0. The van der Waals surface area contributed by atoms with E-state index in [0.717, 1.165) is 6.42 Å². The zero-order chi connectivity index (χ0) is 11.7. The number of carboxylic acid groups (broad SMARTS) is 1. The molecule has 1 amide bonds. The van der Waals surface area contributed by atoms with Gasteiger partial charge in [0.05, 0.1) is 25.7 Å². The van der Waals surface area contributed by atoms with E-state index in [1.165, 1.54) is 0 Å². The average molecular weight is 227 g/mol. The number of ether oxygens (including phenoxy) is 1. The van der Waals surface area contributed by atoms with Gasteiger partial charge in [-0.1, -0.05) is 6.92 Å². The molecule has 1 aliphatic heterocycles. The summed E-state index contributed by atoms with van der Waals surface area (Å²) < 4.78 is 5.23. The molecule has 1 saturated carbocycles. The number of nitrogens with zero attached hydrogens (tertiary/aromatic N) is 1. The smallest absolute Gasteiger partial charge is 0.305 e. The first kappa shape index (κ1) is 11.4. The van der Waals surface area contributed by atoms with E-state index in [-0.39, 0.29) is 24.3 Å². The van der Waals surface area contributed by atoms with Crippen molar-refractivity contribution in [3.05, 3.63) is 0 Å². The molecule has 1 heterocycles. The summed E-state index contributed by atoms with van der Waals surface area (Å²) in [6, 6.07) is -0.286. The molecule has 3 atom stereocenters. The first-order chi connectivity index (χ1) is 7.59. The van der Waals surface area contributed by atoms with Crippen LogP contribution < -0.4 is 0 Å². The molecule has 1 saturated heterocycles. The number of morpholine rings is 1. The Morgan fingerprint density at radius 1 is 1.50 bits per heavy atom. The quantitative estimate of drug-likeness (QED) is 0.755. The van der Waals surface area contributed by atoms with Crippen LogP contribution in [0.5, 0.6) is 0 Å². The summed E-state index contributed by atoms with van der Waals surface area (Å²) in [7, 11) is 0. The fourth-order valence-electron chi connectivity index (χ4n) is 2.19. The highest BCUT2D eigenvalue weighted by atomic mass is 16.5. The molecule has 1 aliphatic carbocycles. The summed E-state index contributed by atoms with van der Waals surface area (Å²) in [5, 5.41) is 8.78. The van der Waals surface area contributed by atoms with Crippen molar-refractivity contribution in [3.63, 3.8) is 0 Å². The van der Waals surface area contributed by atoms with Gasteiger partial charge in [-0.2, -0.15) is 0 Å². The molecular weight excluding hydrogens is 210 g/mol. The van der Waals surface area contributed by atoms with Gasteiger partial charge in [0.15, 0.2) is 0 Å². The molecule has 1 N–H and O–H groups in total. The SMILES string of the molecule is CC1CC1C(=O)N1CCOCC1CC(=O)O. The van der Waals surface area contributed by atoms with E-state index in [1.807, 2.05) is 0 Å². The van der Waals surface area contributed by atoms with Gasteiger partial charge in [-0.3, -0.25) is 9.59 Å². The summed E-state index contributed by atoms with van der Waals surface area (Å²) in [5.74, 6) is -0.186. The van der Waals surface area contributed by atoms with E-state index in [1.54, 1.807) is 4.90 Å². The van der Waals surface area contributed by atoms with Gasteiger partial charge in [-0.15, -0.1) is 0 Å². The number of hydrogen-bond acceptors (Lipinski definition) is 3. The van der Waals surface area contributed by atoms with Crippen LogP contribution in [0.15, 0.2) is 0 Å². The fourth-order valence-corrected chi connectivity index (χ4v) is 2.19. The second-order valence-electron chi connectivity index (χ2n) is 4.68. The van der Waals surface area contributed by atoms with Crippen LogP contribution in [0.2, 0.25) is 0 Å². The summed E-state index contributed by atoms with van der Waals surface area (Å²) in [4.78, 5) is 24.4. The second kappa shape index (κ2) is 4.41. The van der Waals surface area contributed by atoms with Crippen LogP contribution in [0, 0.1) is 11.8 Å². The largest absolute Gasteiger partial charge is 0.481 e. The third-order valence-corrected chi connectivity index (χ3v) is 3.35. The van der Waals surface area contributed by atoms with E-state index >= 15 is 0 Å². The van der Waals surface area contributed by atoms with Gasteiger partial charge in [-0.25, -0.2) is 0 Å². The standard InChI is InChI=1S/C11H17NO4/c1-7-4-9(7)11(15)12-2-3-16-6-8(12)5-10(13)14/h7-9H,2-6H2,1H3,(H,13,14). The Labute approximate surface area is 94.4 Å². The Bertz CT molecular complexity index is 304. The van der Waals surface area contributed by atoms with E-state index in [0.29, 0.717) is 25.7 Å². The van der Waals surface area contributed by atoms with Crippen LogP contribution in [-0.2, 0) is 14.3 Å². The maximum Gasteiger partial charge on any atom is 0.305 e. The Balaban J connectivity index is 1.98. The predicted molar refractivity (Wildman–Crippen MR) is 55.8 cm³/mol. The van der Waals surface area contributed by atoms with Crippen molar-refractivity contribution in [2.24, 2.45) is 11.8 Å². The van der Waals surface area contributed by atoms with E-state index in [9.17, 15) is 9.59 Å². The van der Waals surface area contributed by atoms with E-state index in [4.69, 9.17) is 9.84 Å². The minimum Gasteiger partial charge on any atom is -0.481 e.